The quantitative estimate of drug-likeness (QED) is 0.778. The number of aromatic nitrogens is 2. The molecular weight excluding hydrogens is 320 g/mol. The minimum absolute atomic E-state index is 0.210. The lowest BCUT2D eigenvalue weighted by Gasteiger charge is -2.04. The highest BCUT2D eigenvalue weighted by atomic mass is 79.9. The van der Waals surface area contributed by atoms with Crippen LogP contribution in [-0.2, 0) is 0 Å². The van der Waals surface area contributed by atoms with Gasteiger partial charge in [0.15, 0.2) is 0 Å². The zero-order valence-corrected chi connectivity index (χ0v) is 11.8. The molecule has 0 spiro atoms. The summed E-state index contributed by atoms with van der Waals surface area (Å²) in [6.07, 6.45) is 1.65. The predicted molar refractivity (Wildman–Crippen MR) is 79.6 cm³/mol. The fourth-order valence-electron chi connectivity index (χ4n) is 1.93. The summed E-state index contributed by atoms with van der Waals surface area (Å²) in [5.74, 6) is -0.968. The van der Waals surface area contributed by atoms with Crippen LogP contribution in [0, 0.1) is 0 Å². The molecule has 0 amide bonds. The molecule has 0 aliphatic rings. The van der Waals surface area contributed by atoms with Gasteiger partial charge >= 0.3 is 5.97 Å². The number of hydrogen-bond acceptors (Lipinski definition) is 3. The van der Waals surface area contributed by atoms with Crippen LogP contribution >= 0.6 is 15.9 Å². The molecule has 98 valence electrons. The molecule has 0 unspecified atom stereocenters. The number of rotatable bonds is 2. The van der Waals surface area contributed by atoms with Gasteiger partial charge in [0.25, 0.3) is 0 Å². The Kier molecular flexibility index (Phi) is 3.20. The van der Waals surface area contributed by atoms with Crippen LogP contribution in [0.4, 0.5) is 0 Å². The van der Waals surface area contributed by atoms with E-state index in [-0.39, 0.29) is 5.56 Å². The summed E-state index contributed by atoms with van der Waals surface area (Å²) in [6, 6.07) is 12.5. The van der Waals surface area contributed by atoms with Crippen molar-refractivity contribution in [1.82, 2.24) is 9.97 Å². The van der Waals surface area contributed by atoms with Crippen LogP contribution in [0.5, 0.6) is 0 Å². The maximum absolute atomic E-state index is 10.9. The van der Waals surface area contributed by atoms with Crippen LogP contribution in [0.25, 0.3) is 22.3 Å². The monoisotopic (exact) mass is 328 g/mol. The van der Waals surface area contributed by atoms with E-state index in [0.29, 0.717) is 11.0 Å². The fourth-order valence-corrected chi connectivity index (χ4v) is 2.33. The molecule has 20 heavy (non-hydrogen) atoms. The molecule has 3 aromatic rings. The molecule has 0 aliphatic carbocycles. The minimum Gasteiger partial charge on any atom is -0.478 e. The predicted octanol–water partition coefficient (Wildman–Crippen LogP) is 3.76. The van der Waals surface area contributed by atoms with E-state index in [2.05, 4.69) is 25.9 Å². The van der Waals surface area contributed by atoms with Crippen molar-refractivity contribution in [3.8, 4) is 11.3 Å². The summed E-state index contributed by atoms with van der Waals surface area (Å²) in [7, 11) is 0. The molecule has 4 nitrogen and oxygen atoms in total. The first-order valence-electron chi connectivity index (χ1n) is 5.89. The number of carboxylic acid groups (broad SMARTS) is 1. The summed E-state index contributed by atoms with van der Waals surface area (Å²) in [6.45, 7) is 0. The van der Waals surface area contributed by atoms with Gasteiger partial charge < -0.3 is 5.11 Å². The largest absolute Gasteiger partial charge is 0.478 e. The van der Waals surface area contributed by atoms with Crippen molar-refractivity contribution in [2.45, 2.75) is 0 Å². The Hall–Kier alpha value is -2.27. The number of benzene rings is 2. The lowest BCUT2D eigenvalue weighted by atomic mass is 10.1. The Morgan fingerprint density at radius 3 is 2.70 bits per heavy atom. The summed E-state index contributed by atoms with van der Waals surface area (Å²) in [5, 5.41) is 8.95. The normalized spacial score (nSPS) is 10.7. The van der Waals surface area contributed by atoms with Gasteiger partial charge in [-0.3, -0.25) is 4.98 Å². The Labute approximate surface area is 123 Å². The molecule has 2 aromatic carbocycles. The van der Waals surface area contributed by atoms with Crippen LogP contribution in [0.2, 0.25) is 0 Å². The third kappa shape index (κ3) is 2.40. The van der Waals surface area contributed by atoms with Gasteiger partial charge in [-0.2, -0.15) is 0 Å². The van der Waals surface area contributed by atoms with Crippen molar-refractivity contribution in [3.05, 3.63) is 58.7 Å². The van der Waals surface area contributed by atoms with Gasteiger partial charge in [-0.15, -0.1) is 0 Å². The van der Waals surface area contributed by atoms with E-state index in [1.807, 2.05) is 24.3 Å². The van der Waals surface area contributed by atoms with E-state index >= 15 is 0 Å². The van der Waals surface area contributed by atoms with Gasteiger partial charge in [0.05, 0.1) is 28.5 Å². The van der Waals surface area contributed by atoms with E-state index in [0.717, 1.165) is 15.7 Å². The van der Waals surface area contributed by atoms with Crippen LogP contribution < -0.4 is 0 Å². The highest BCUT2D eigenvalue weighted by molar-refractivity contribution is 9.10. The fraction of sp³-hybridized carbons (Fsp3) is 0. The summed E-state index contributed by atoms with van der Waals surface area (Å²) < 4.78 is 0.970. The molecule has 1 N–H and O–H groups in total. The SMILES string of the molecule is O=C(O)c1ccc2nc(-c3cccc(Br)c3)cnc2c1. The molecule has 3 rings (SSSR count). The van der Waals surface area contributed by atoms with E-state index in [1.165, 1.54) is 12.1 Å². The Morgan fingerprint density at radius 1 is 1.10 bits per heavy atom. The van der Waals surface area contributed by atoms with Crippen molar-refractivity contribution in [2.75, 3.05) is 0 Å². The number of fused-ring (bicyclic) bond motifs is 1. The third-order valence-corrected chi connectivity index (χ3v) is 3.40. The molecule has 0 radical (unpaired) electrons. The standard InChI is InChI=1S/C15H9BrN2O2/c16-11-3-1-2-9(6-11)14-8-17-13-7-10(15(19)20)4-5-12(13)18-14/h1-8H,(H,19,20). The summed E-state index contributed by atoms with van der Waals surface area (Å²) in [4.78, 5) is 19.7. The smallest absolute Gasteiger partial charge is 0.335 e. The zero-order chi connectivity index (χ0) is 14.1. The Balaban J connectivity index is 2.12. The van der Waals surface area contributed by atoms with Gasteiger partial charge in [-0.05, 0) is 30.3 Å². The lowest BCUT2D eigenvalue weighted by Crippen LogP contribution is -1.97. The second-order valence-corrected chi connectivity index (χ2v) is 5.19. The van der Waals surface area contributed by atoms with Crippen molar-refractivity contribution in [3.63, 3.8) is 0 Å². The molecule has 0 atom stereocenters. The lowest BCUT2D eigenvalue weighted by molar-refractivity contribution is 0.0697. The molecule has 5 heteroatoms. The van der Waals surface area contributed by atoms with Gasteiger partial charge in [0.2, 0.25) is 0 Å². The van der Waals surface area contributed by atoms with Gasteiger partial charge in [-0.1, -0.05) is 28.1 Å². The first-order valence-corrected chi connectivity index (χ1v) is 6.69. The molecule has 0 fully saturated rings. The van der Waals surface area contributed by atoms with Gasteiger partial charge in [0, 0.05) is 10.0 Å². The summed E-state index contributed by atoms with van der Waals surface area (Å²) in [5.41, 5.74) is 3.16. The van der Waals surface area contributed by atoms with Crippen molar-refractivity contribution < 1.29 is 9.90 Å². The average Bonchev–Trinajstić information content (AvgIpc) is 2.46. The molecular formula is C15H9BrN2O2. The van der Waals surface area contributed by atoms with Crippen LogP contribution in [0.3, 0.4) is 0 Å². The van der Waals surface area contributed by atoms with E-state index in [4.69, 9.17) is 5.11 Å². The maximum Gasteiger partial charge on any atom is 0.335 e. The van der Waals surface area contributed by atoms with Crippen LogP contribution in [-0.4, -0.2) is 21.0 Å². The molecule has 0 saturated heterocycles. The number of aromatic carboxylic acids is 1. The highest BCUT2D eigenvalue weighted by Crippen LogP contribution is 2.22. The third-order valence-electron chi connectivity index (χ3n) is 2.91. The number of halogens is 1. The number of carboxylic acids is 1. The molecule has 1 heterocycles. The maximum atomic E-state index is 10.9. The van der Waals surface area contributed by atoms with Crippen molar-refractivity contribution in [2.24, 2.45) is 0 Å². The van der Waals surface area contributed by atoms with Gasteiger partial charge in [0.1, 0.15) is 0 Å². The first-order chi connectivity index (χ1) is 9.63. The first kappa shape index (κ1) is 12.7. The minimum atomic E-state index is -0.968. The topological polar surface area (TPSA) is 63.1 Å². The van der Waals surface area contributed by atoms with Crippen molar-refractivity contribution >= 4 is 32.9 Å². The average molecular weight is 329 g/mol. The number of hydrogen-bond donors (Lipinski definition) is 1. The van der Waals surface area contributed by atoms with Crippen LogP contribution in [0.1, 0.15) is 10.4 Å². The second-order valence-electron chi connectivity index (χ2n) is 4.27. The second kappa shape index (κ2) is 5.02. The molecule has 0 bridgehead atoms. The summed E-state index contributed by atoms with van der Waals surface area (Å²) >= 11 is 3.42. The molecule has 0 saturated carbocycles. The molecule has 1 aromatic heterocycles. The van der Waals surface area contributed by atoms with E-state index in [1.54, 1.807) is 12.3 Å². The van der Waals surface area contributed by atoms with E-state index < -0.39 is 5.97 Å². The zero-order valence-electron chi connectivity index (χ0n) is 10.2. The Bertz CT molecular complexity index is 818. The van der Waals surface area contributed by atoms with Gasteiger partial charge in [-0.25, -0.2) is 9.78 Å². The highest BCUT2D eigenvalue weighted by Gasteiger charge is 2.07. The van der Waals surface area contributed by atoms with Crippen molar-refractivity contribution in [1.29, 1.82) is 0 Å². The van der Waals surface area contributed by atoms with E-state index in [9.17, 15) is 4.79 Å². The Morgan fingerprint density at radius 2 is 1.95 bits per heavy atom. The van der Waals surface area contributed by atoms with Crippen LogP contribution in [0.15, 0.2) is 53.1 Å². The number of nitrogens with zero attached hydrogens (tertiary/aromatic N) is 2. The molecule has 0 aliphatic heterocycles. The number of carbonyl (C=O) groups is 1.